The van der Waals surface area contributed by atoms with Crippen molar-refractivity contribution in [3.63, 3.8) is 0 Å². The second kappa shape index (κ2) is 4.34. The number of pyridine rings is 1. The van der Waals surface area contributed by atoms with Crippen LogP contribution < -0.4 is 5.32 Å². The average molecular weight is 249 g/mol. The molecule has 2 bridgehead atoms. The van der Waals surface area contributed by atoms with Gasteiger partial charge < -0.3 is 5.32 Å². The fraction of sp³-hybridized carbons (Fsp3) is 0.500. The van der Waals surface area contributed by atoms with Gasteiger partial charge in [0.15, 0.2) is 0 Å². The third-order valence-electron chi connectivity index (χ3n) is 4.09. The number of anilines is 1. The normalized spacial score (nSPS) is 31.8. The monoisotopic (exact) mass is 248 g/mol. The van der Waals surface area contributed by atoms with Gasteiger partial charge in [-0.3, -0.25) is 0 Å². The molecule has 1 aromatic heterocycles. The van der Waals surface area contributed by atoms with Crippen LogP contribution in [0.3, 0.4) is 0 Å². The number of nitrogens with one attached hydrogen (secondary N) is 1. The highest BCUT2D eigenvalue weighted by atomic mass is 35.5. The molecule has 0 aromatic carbocycles. The van der Waals surface area contributed by atoms with Crippen LogP contribution in [0, 0.1) is 17.8 Å². The Bertz CT molecular complexity index is 426. The molecule has 2 nitrogen and oxygen atoms in total. The maximum absolute atomic E-state index is 5.78. The van der Waals surface area contributed by atoms with Crippen molar-refractivity contribution in [3.8, 4) is 0 Å². The van der Waals surface area contributed by atoms with E-state index in [1.54, 1.807) is 0 Å². The van der Waals surface area contributed by atoms with E-state index in [1.807, 2.05) is 18.3 Å². The van der Waals surface area contributed by atoms with Crippen molar-refractivity contribution >= 4 is 17.3 Å². The molecule has 1 aromatic rings. The number of fused-ring (bicyclic) bond motifs is 2. The molecule has 2 aliphatic rings. The first kappa shape index (κ1) is 11.1. The van der Waals surface area contributed by atoms with Gasteiger partial charge in [0.1, 0.15) is 5.15 Å². The number of hydrogen-bond acceptors (Lipinski definition) is 2. The molecule has 0 amide bonds. The Balaban J connectivity index is 1.65. The van der Waals surface area contributed by atoms with Crippen LogP contribution in [0.4, 0.5) is 5.69 Å². The van der Waals surface area contributed by atoms with E-state index < -0.39 is 0 Å². The summed E-state index contributed by atoms with van der Waals surface area (Å²) in [5.41, 5.74) is 1.06. The Hall–Kier alpha value is -1.02. The van der Waals surface area contributed by atoms with Gasteiger partial charge in [-0.15, -0.1) is 0 Å². The van der Waals surface area contributed by atoms with E-state index in [4.69, 9.17) is 11.6 Å². The number of hydrogen-bond donors (Lipinski definition) is 1. The molecule has 2 aliphatic carbocycles. The molecule has 3 heteroatoms. The highest BCUT2D eigenvalue weighted by Crippen LogP contribution is 2.45. The van der Waals surface area contributed by atoms with Gasteiger partial charge in [0.25, 0.3) is 0 Å². The van der Waals surface area contributed by atoms with Crippen LogP contribution in [0.15, 0.2) is 30.5 Å². The van der Waals surface area contributed by atoms with E-state index in [9.17, 15) is 0 Å². The van der Waals surface area contributed by atoms with Gasteiger partial charge in [-0.25, -0.2) is 4.98 Å². The van der Waals surface area contributed by atoms with E-state index in [0.717, 1.165) is 23.4 Å². The zero-order chi connectivity index (χ0) is 11.8. The van der Waals surface area contributed by atoms with Gasteiger partial charge in [0.05, 0.1) is 11.9 Å². The Kier molecular flexibility index (Phi) is 2.83. The molecule has 4 unspecified atom stereocenters. The third-order valence-corrected chi connectivity index (χ3v) is 4.32. The van der Waals surface area contributed by atoms with Crippen molar-refractivity contribution in [1.29, 1.82) is 0 Å². The number of rotatable bonds is 3. The fourth-order valence-electron chi connectivity index (χ4n) is 3.23. The number of halogens is 1. The maximum Gasteiger partial charge on any atom is 0.129 e. The largest absolute Gasteiger partial charge is 0.381 e. The van der Waals surface area contributed by atoms with E-state index in [-0.39, 0.29) is 0 Å². The molecule has 90 valence electrons. The zero-order valence-corrected chi connectivity index (χ0v) is 10.7. The van der Waals surface area contributed by atoms with E-state index in [0.29, 0.717) is 11.2 Å². The summed E-state index contributed by atoms with van der Waals surface area (Å²) in [4.78, 5) is 4.10. The van der Waals surface area contributed by atoms with Crippen molar-refractivity contribution in [2.24, 2.45) is 17.8 Å². The summed E-state index contributed by atoms with van der Waals surface area (Å²) in [6, 6.07) is 4.32. The summed E-state index contributed by atoms with van der Waals surface area (Å²) < 4.78 is 0. The quantitative estimate of drug-likeness (QED) is 0.651. The molecule has 1 heterocycles. The zero-order valence-electron chi connectivity index (χ0n) is 9.94. The summed E-state index contributed by atoms with van der Waals surface area (Å²) in [6.07, 6.45) is 9.28. The van der Waals surface area contributed by atoms with Crippen LogP contribution in [0.5, 0.6) is 0 Å². The van der Waals surface area contributed by atoms with Crippen LogP contribution in [-0.2, 0) is 0 Å². The Labute approximate surface area is 107 Å². The topological polar surface area (TPSA) is 24.9 Å². The first-order valence-corrected chi connectivity index (χ1v) is 6.66. The predicted octanol–water partition coefficient (Wildman–Crippen LogP) is 3.75. The molecule has 0 spiro atoms. The van der Waals surface area contributed by atoms with Gasteiger partial charge in [-0.1, -0.05) is 23.8 Å². The van der Waals surface area contributed by atoms with Crippen molar-refractivity contribution in [2.45, 2.75) is 25.8 Å². The number of allylic oxidation sites excluding steroid dienone is 2. The summed E-state index contributed by atoms with van der Waals surface area (Å²) in [6.45, 7) is 2.27. The molecular weight excluding hydrogens is 232 g/mol. The van der Waals surface area contributed by atoms with Crippen molar-refractivity contribution in [2.75, 3.05) is 5.32 Å². The number of aromatic nitrogens is 1. The van der Waals surface area contributed by atoms with Crippen molar-refractivity contribution < 1.29 is 0 Å². The molecule has 1 fully saturated rings. The predicted molar refractivity (Wildman–Crippen MR) is 71.2 cm³/mol. The fourth-order valence-corrected chi connectivity index (χ4v) is 3.34. The Morgan fingerprint density at radius 1 is 1.35 bits per heavy atom. The van der Waals surface area contributed by atoms with Gasteiger partial charge >= 0.3 is 0 Å². The van der Waals surface area contributed by atoms with Crippen molar-refractivity contribution in [1.82, 2.24) is 4.98 Å². The Morgan fingerprint density at radius 2 is 2.24 bits per heavy atom. The van der Waals surface area contributed by atoms with Crippen molar-refractivity contribution in [3.05, 3.63) is 35.6 Å². The molecule has 0 aliphatic heterocycles. The summed E-state index contributed by atoms with van der Waals surface area (Å²) >= 11 is 5.78. The van der Waals surface area contributed by atoms with Crippen LogP contribution in [0.2, 0.25) is 5.15 Å². The maximum atomic E-state index is 5.78. The molecule has 1 N–H and O–H groups in total. The van der Waals surface area contributed by atoms with Crippen LogP contribution in [0.25, 0.3) is 0 Å². The highest BCUT2D eigenvalue weighted by molar-refractivity contribution is 6.29. The van der Waals surface area contributed by atoms with Gasteiger partial charge in [0, 0.05) is 6.04 Å². The van der Waals surface area contributed by atoms with Crippen LogP contribution in [-0.4, -0.2) is 11.0 Å². The first-order valence-electron chi connectivity index (χ1n) is 6.29. The van der Waals surface area contributed by atoms with Gasteiger partial charge in [-0.05, 0) is 49.7 Å². The summed E-state index contributed by atoms with van der Waals surface area (Å²) in [5, 5.41) is 4.09. The minimum Gasteiger partial charge on any atom is -0.381 e. The number of nitrogens with zero attached hydrogens (tertiary/aromatic N) is 1. The lowest BCUT2D eigenvalue weighted by molar-refractivity contribution is 0.400. The van der Waals surface area contributed by atoms with Crippen LogP contribution in [0.1, 0.15) is 19.8 Å². The molecule has 1 saturated carbocycles. The molecule has 0 saturated heterocycles. The standard InChI is InChI=1S/C14H17ClN2/c1-9(13-7-10-2-3-11(13)6-10)17-12-4-5-14(15)16-8-12/h2-5,8-11,13,17H,6-7H2,1H3. The smallest absolute Gasteiger partial charge is 0.129 e. The molecule has 3 rings (SSSR count). The molecule has 17 heavy (non-hydrogen) atoms. The second-order valence-electron chi connectivity index (χ2n) is 5.25. The van der Waals surface area contributed by atoms with Gasteiger partial charge in [-0.2, -0.15) is 0 Å². The van der Waals surface area contributed by atoms with E-state index >= 15 is 0 Å². The Morgan fingerprint density at radius 3 is 2.82 bits per heavy atom. The minimum absolute atomic E-state index is 0.498. The summed E-state index contributed by atoms with van der Waals surface area (Å²) in [7, 11) is 0. The lowest BCUT2D eigenvalue weighted by atomic mass is 9.87. The van der Waals surface area contributed by atoms with Crippen LogP contribution >= 0.6 is 11.6 Å². The summed E-state index contributed by atoms with van der Waals surface area (Å²) in [5.74, 6) is 2.38. The molecular formula is C14H17ClN2. The molecule has 0 radical (unpaired) electrons. The molecule has 4 atom stereocenters. The van der Waals surface area contributed by atoms with Gasteiger partial charge in [0.2, 0.25) is 0 Å². The third kappa shape index (κ3) is 2.19. The van der Waals surface area contributed by atoms with E-state index in [1.165, 1.54) is 12.8 Å². The lowest BCUT2D eigenvalue weighted by Crippen LogP contribution is -2.28. The SMILES string of the molecule is CC(Nc1ccc(Cl)nc1)C1CC2C=CC1C2. The average Bonchev–Trinajstić information content (AvgIpc) is 2.94. The first-order chi connectivity index (χ1) is 8.22. The lowest BCUT2D eigenvalue weighted by Gasteiger charge is -2.26. The highest BCUT2D eigenvalue weighted by Gasteiger charge is 2.38. The minimum atomic E-state index is 0.498. The van der Waals surface area contributed by atoms with E-state index in [2.05, 4.69) is 29.4 Å². The second-order valence-corrected chi connectivity index (χ2v) is 5.63.